The lowest BCUT2D eigenvalue weighted by Gasteiger charge is -2.25. The van der Waals surface area contributed by atoms with Gasteiger partial charge in [-0.15, -0.1) is 0 Å². The highest BCUT2D eigenvalue weighted by Crippen LogP contribution is 2.28. The molecule has 0 saturated carbocycles. The maximum absolute atomic E-state index is 11.6. The maximum atomic E-state index is 11.6. The van der Waals surface area contributed by atoms with E-state index in [2.05, 4.69) is 83.1 Å². The standard InChI is InChI=1S/C29H34N4O3/c1-33(2)25(21-6-4-3-5-7-21)18-31-22-10-8-20(9-11-22)16-17-30-19-27(35)23-12-14-26(34)29-24(23)13-15-28(36)32-29/h3-15,25,27,30-31,34-35H,16-19H2,1-2H3,(H,32,36)/t25-,27+/m1/s1. The summed E-state index contributed by atoms with van der Waals surface area (Å²) in [5.41, 5.74) is 4.29. The number of benzene rings is 3. The number of phenolic OH excluding ortho intramolecular Hbond substituents is 1. The van der Waals surface area contributed by atoms with Crippen LogP contribution < -0.4 is 16.2 Å². The van der Waals surface area contributed by atoms with Crippen molar-refractivity contribution >= 4 is 16.6 Å². The second-order valence-electron chi connectivity index (χ2n) is 9.22. The summed E-state index contributed by atoms with van der Waals surface area (Å²) >= 11 is 0. The first-order valence-electron chi connectivity index (χ1n) is 12.2. The first-order chi connectivity index (χ1) is 17.4. The number of aromatic amines is 1. The van der Waals surface area contributed by atoms with Crippen LogP contribution in [0.3, 0.4) is 0 Å². The van der Waals surface area contributed by atoms with Crippen LogP contribution in [0.1, 0.15) is 28.8 Å². The molecule has 0 bridgehead atoms. The smallest absolute Gasteiger partial charge is 0.248 e. The third-order valence-corrected chi connectivity index (χ3v) is 6.46. The molecule has 4 rings (SSSR count). The Balaban J connectivity index is 1.26. The number of hydrogen-bond donors (Lipinski definition) is 5. The Morgan fingerprint density at radius 2 is 1.67 bits per heavy atom. The van der Waals surface area contributed by atoms with Crippen molar-refractivity contribution in [3.05, 3.63) is 106 Å². The van der Waals surface area contributed by atoms with E-state index < -0.39 is 6.10 Å². The normalized spacial score (nSPS) is 13.1. The molecule has 4 aromatic rings. The van der Waals surface area contributed by atoms with E-state index in [4.69, 9.17) is 0 Å². The number of phenols is 1. The van der Waals surface area contributed by atoms with Gasteiger partial charge in [-0.3, -0.25) is 4.79 Å². The van der Waals surface area contributed by atoms with E-state index >= 15 is 0 Å². The van der Waals surface area contributed by atoms with Crippen molar-refractivity contribution in [2.24, 2.45) is 0 Å². The Labute approximate surface area is 211 Å². The number of aromatic hydroxyl groups is 1. The van der Waals surface area contributed by atoms with Gasteiger partial charge in [-0.25, -0.2) is 0 Å². The highest BCUT2D eigenvalue weighted by molar-refractivity contribution is 5.87. The van der Waals surface area contributed by atoms with Gasteiger partial charge in [-0.05, 0) is 68.0 Å². The van der Waals surface area contributed by atoms with Crippen molar-refractivity contribution in [1.82, 2.24) is 15.2 Å². The van der Waals surface area contributed by atoms with Gasteiger partial charge in [-0.2, -0.15) is 0 Å². The number of fused-ring (bicyclic) bond motifs is 1. The van der Waals surface area contributed by atoms with Crippen molar-refractivity contribution < 1.29 is 10.2 Å². The lowest BCUT2D eigenvalue weighted by atomic mass is 10.0. The molecule has 2 atom stereocenters. The lowest BCUT2D eigenvalue weighted by molar-refractivity contribution is 0.176. The fraction of sp³-hybridized carbons (Fsp3) is 0.276. The number of likely N-dealkylation sites (N-methyl/N-ethyl adjacent to an activating group) is 1. The van der Waals surface area contributed by atoms with Crippen molar-refractivity contribution in [3.8, 4) is 5.75 Å². The van der Waals surface area contributed by atoms with E-state index in [-0.39, 0.29) is 17.4 Å². The van der Waals surface area contributed by atoms with Crippen LogP contribution in [-0.2, 0) is 6.42 Å². The van der Waals surface area contributed by atoms with Gasteiger partial charge in [-0.1, -0.05) is 48.5 Å². The molecule has 0 radical (unpaired) electrons. The Morgan fingerprint density at radius 1 is 0.917 bits per heavy atom. The zero-order chi connectivity index (χ0) is 25.5. The molecule has 0 fully saturated rings. The topological polar surface area (TPSA) is 101 Å². The van der Waals surface area contributed by atoms with Gasteiger partial charge in [0.2, 0.25) is 5.56 Å². The monoisotopic (exact) mass is 486 g/mol. The van der Waals surface area contributed by atoms with E-state index in [1.165, 1.54) is 23.3 Å². The number of rotatable bonds is 11. The molecule has 0 saturated heterocycles. The average Bonchev–Trinajstić information content (AvgIpc) is 2.88. The van der Waals surface area contributed by atoms with Crippen LogP contribution in [0.2, 0.25) is 0 Å². The maximum Gasteiger partial charge on any atom is 0.248 e. The number of nitrogens with zero attached hydrogens (tertiary/aromatic N) is 1. The fourth-order valence-corrected chi connectivity index (χ4v) is 4.41. The Morgan fingerprint density at radius 3 is 2.39 bits per heavy atom. The summed E-state index contributed by atoms with van der Waals surface area (Å²) in [6.07, 6.45) is 0.0703. The molecular weight excluding hydrogens is 452 g/mol. The minimum Gasteiger partial charge on any atom is -0.506 e. The second-order valence-corrected chi connectivity index (χ2v) is 9.22. The molecule has 0 unspecified atom stereocenters. The molecule has 0 aliphatic carbocycles. The summed E-state index contributed by atoms with van der Waals surface area (Å²) in [5.74, 6) is -0.0122. The van der Waals surface area contributed by atoms with Crippen LogP contribution in [0.5, 0.6) is 5.75 Å². The number of aliphatic hydroxyl groups excluding tert-OH is 1. The summed E-state index contributed by atoms with van der Waals surface area (Å²) in [4.78, 5) is 16.4. The molecule has 5 N–H and O–H groups in total. The first kappa shape index (κ1) is 25.4. The largest absolute Gasteiger partial charge is 0.506 e. The van der Waals surface area contributed by atoms with Gasteiger partial charge >= 0.3 is 0 Å². The molecule has 3 aromatic carbocycles. The van der Waals surface area contributed by atoms with Crippen LogP contribution in [0.4, 0.5) is 5.69 Å². The second kappa shape index (κ2) is 11.9. The summed E-state index contributed by atoms with van der Waals surface area (Å²) in [6, 6.07) is 25.4. The van der Waals surface area contributed by atoms with Gasteiger partial charge in [0.25, 0.3) is 0 Å². The van der Waals surface area contributed by atoms with Gasteiger partial charge < -0.3 is 30.7 Å². The number of pyridine rings is 1. The molecule has 1 aromatic heterocycles. The molecule has 0 aliphatic heterocycles. The Bertz CT molecular complexity index is 1320. The lowest BCUT2D eigenvalue weighted by Crippen LogP contribution is -2.26. The quantitative estimate of drug-likeness (QED) is 0.207. The summed E-state index contributed by atoms with van der Waals surface area (Å²) in [6.45, 7) is 1.90. The number of aliphatic hydroxyl groups is 1. The molecule has 1 heterocycles. The fourth-order valence-electron chi connectivity index (χ4n) is 4.41. The summed E-state index contributed by atoms with van der Waals surface area (Å²) < 4.78 is 0. The molecular formula is C29H34N4O3. The molecule has 188 valence electrons. The average molecular weight is 487 g/mol. The number of aromatic nitrogens is 1. The zero-order valence-corrected chi connectivity index (χ0v) is 20.7. The van der Waals surface area contributed by atoms with Gasteiger partial charge in [0, 0.05) is 30.2 Å². The minimum atomic E-state index is -0.764. The Hall–Kier alpha value is -3.65. The highest BCUT2D eigenvalue weighted by atomic mass is 16.3. The summed E-state index contributed by atoms with van der Waals surface area (Å²) in [5, 5.41) is 28.2. The molecule has 0 spiro atoms. The van der Waals surface area contributed by atoms with Gasteiger partial charge in [0.1, 0.15) is 5.75 Å². The SMILES string of the molecule is CN(C)[C@H](CNc1ccc(CCNC[C@H](O)c2ccc(O)c3[nH]c(=O)ccc23)cc1)c1ccccc1. The third-order valence-electron chi connectivity index (χ3n) is 6.46. The van der Waals surface area contributed by atoms with Crippen LogP contribution in [-0.4, -0.2) is 53.8 Å². The van der Waals surface area contributed by atoms with E-state index in [9.17, 15) is 15.0 Å². The van der Waals surface area contributed by atoms with E-state index in [1.807, 2.05) is 6.07 Å². The van der Waals surface area contributed by atoms with Gasteiger partial charge in [0.15, 0.2) is 0 Å². The van der Waals surface area contributed by atoms with Gasteiger partial charge in [0.05, 0.1) is 17.7 Å². The minimum absolute atomic E-state index is 0.0122. The third kappa shape index (κ3) is 6.31. The number of H-pyrrole nitrogens is 1. The molecule has 36 heavy (non-hydrogen) atoms. The Kier molecular flexibility index (Phi) is 8.38. The van der Waals surface area contributed by atoms with Crippen molar-refractivity contribution in [3.63, 3.8) is 0 Å². The zero-order valence-electron chi connectivity index (χ0n) is 20.7. The van der Waals surface area contributed by atoms with E-state index in [0.29, 0.717) is 29.6 Å². The van der Waals surface area contributed by atoms with Crippen molar-refractivity contribution in [2.45, 2.75) is 18.6 Å². The van der Waals surface area contributed by atoms with Crippen LogP contribution in [0, 0.1) is 0 Å². The highest BCUT2D eigenvalue weighted by Gasteiger charge is 2.14. The molecule has 7 nitrogen and oxygen atoms in total. The number of anilines is 1. The van der Waals surface area contributed by atoms with Crippen LogP contribution >= 0.6 is 0 Å². The molecule has 0 aliphatic rings. The van der Waals surface area contributed by atoms with E-state index in [0.717, 1.165) is 18.7 Å². The number of hydrogen-bond acceptors (Lipinski definition) is 6. The molecule has 0 amide bonds. The predicted molar refractivity (Wildman–Crippen MR) is 146 cm³/mol. The van der Waals surface area contributed by atoms with E-state index in [1.54, 1.807) is 12.1 Å². The first-order valence-corrected chi connectivity index (χ1v) is 12.2. The number of nitrogens with one attached hydrogen (secondary N) is 3. The molecule has 7 heteroatoms. The van der Waals surface area contributed by atoms with Crippen LogP contribution in [0.25, 0.3) is 10.9 Å². The van der Waals surface area contributed by atoms with Crippen molar-refractivity contribution in [2.75, 3.05) is 39.0 Å². The van der Waals surface area contributed by atoms with Crippen LogP contribution in [0.15, 0.2) is 83.7 Å². The predicted octanol–water partition coefficient (Wildman–Crippen LogP) is 3.81. The summed E-state index contributed by atoms with van der Waals surface area (Å²) in [7, 11) is 4.19. The van der Waals surface area contributed by atoms with Crippen molar-refractivity contribution in [1.29, 1.82) is 0 Å².